The Labute approximate surface area is 294 Å². The molecule has 10 heteroatoms. The summed E-state index contributed by atoms with van der Waals surface area (Å²) in [5.41, 5.74) is 6.14. The zero-order valence-electron chi connectivity index (χ0n) is 27.9. The number of thiazole rings is 1. The van der Waals surface area contributed by atoms with Gasteiger partial charge in [0.15, 0.2) is 10.8 Å². The molecule has 9 nitrogen and oxygen atoms in total. The Bertz CT molecular complexity index is 2170. The summed E-state index contributed by atoms with van der Waals surface area (Å²) in [7, 11) is 0. The SMILES string of the molecule is Cc1c(-c2ccc(N3CCc4cccc(C(=O)Nc5nc6ccccc6s5)c4C3)nc2C(=O)O)cc(C#N)n1CC1C2CC3CC(C2)CC1C3. The molecule has 2 aromatic carbocycles. The first kappa shape index (κ1) is 31.0. The Morgan fingerprint density at radius 1 is 0.980 bits per heavy atom. The van der Waals surface area contributed by atoms with Crippen molar-refractivity contribution >= 4 is 44.4 Å². The zero-order chi connectivity index (χ0) is 34.1. The van der Waals surface area contributed by atoms with E-state index in [1.165, 1.54) is 43.4 Å². The Balaban J connectivity index is 0.989. The monoisotopic (exact) mass is 682 g/mol. The van der Waals surface area contributed by atoms with Crippen LogP contribution in [0.4, 0.5) is 10.9 Å². The zero-order valence-corrected chi connectivity index (χ0v) is 28.7. The second-order valence-electron chi connectivity index (χ2n) is 14.8. The Kier molecular flexibility index (Phi) is 7.50. The lowest BCUT2D eigenvalue weighted by Crippen LogP contribution is -2.46. The van der Waals surface area contributed by atoms with Crippen molar-refractivity contribution in [3.63, 3.8) is 0 Å². The number of carbonyl (C=O) groups is 2. The predicted octanol–water partition coefficient (Wildman–Crippen LogP) is 7.93. The number of hydrogen-bond donors (Lipinski definition) is 2. The van der Waals surface area contributed by atoms with Gasteiger partial charge in [-0.05, 0) is 123 Å². The summed E-state index contributed by atoms with van der Waals surface area (Å²) in [6.45, 7) is 3.89. The predicted molar refractivity (Wildman–Crippen MR) is 193 cm³/mol. The number of carboxylic acids is 1. The molecule has 2 N–H and O–H groups in total. The maximum Gasteiger partial charge on any atom is 0.355 e. The fraction of sp³-hybridized carbons (Fsp3) is 0.375. The highest BCUT2D eigenvalue weighted by atomic mass is 32.1. The van der Waals surface area contributed by atoms with Crippen LogP contribution in [-0.2, 0) is 19.5 Å². The number of fused-ring (bicyclic) bond motifs is 2. The van der Waals surface area contributed by atoms with Gasteiger partial charge in [0.1, 0.15) is 17.6 Å². The van der Waals surface area contributed by atoms with Crippen LogP contribution in [0.2, 0.25) is 0 Å². The number of rotatable bonds is 7. The highest BCUT2D eigenvalue weighted by molar-refractivity contribution is 7.22. The minimum Gasteiger partial charge on any atom is -0.476 e. The number of benzene rings is 2. The molecule has 5 aromatic rings. The summed E-state index contributed by atoms with van der Waals surface area (Å²) in [5, 5.41) is 24.2. The molecule has 5 aliphatic rings. The van der Waals surface area contributed by atoms with Crippen LogP contribution in [-0.4, -0.2) is 38.1 Å². The summed E-state index contributed by atoms with van der Waals surface area (Å²) >= 11 is 1.44. The van der Waals surface area contributed by atoms with E-state index in [9.17, 15) is 20.0 Å². The van der Waals surface area contributed by atoms with Crippen LogP contribution in [0.15, 0.2) is 60.7 Å². The lowest BCUT2D eigenvalue weighted by atomic mass is 9.52. The van der Waals surface area contributed by atoms with Crippen molar-refractivity contribution in [3.8, 4) is 17.2 Å². The maximum absolute atomic E-state index is 13.6. The van der Waals surface area contributed by atoms with Gasteiger partial charge < -0.3 is 14.6 Å². The van der Waals surface area contributed by atoms with E-state index in [1.54, 1.807) is 0 Å². The number of anilines is 2. The quantitative estimate of drug-likeness (QED) is 0.179. The van der Waals surface area contributed by atoms with Crippen molar-refractivity contribution in [2.24, 2.45) is 29.6 Å². The number of amides is 1. The Morgan fingerprint density at radius 3 is 2.50 bits per heavy atom. The molecule has 10 rings (SSSR count). The average Bonchev–Trinajstić information content (AvgIpc) is 3.67. The third kappa shape index (κ3) is 5.26. The molecule has 252 valence electrons. The molecule has 4 saturated carbocycles. The molecule has 1 aliphatic heterocycles. The summed E-state index contributed by atoms with van der Waals surface area (Å²) in [5.74, 6) is 3.01. The molecule has 0 radical (unpaired) electrons. The Hall–Kier alpha value is -5.01. The van der Waals surface area contributed by atoms with Crippen molar-refractivity contribution in [2.45, 2.75) is 58.5 Å². The van der Waals surface area contributed by atoms with Gasteiger partial charge in [-0.25, -0.2) is 14.8 Å². The molecular formula is C40H38N6O3S. The number of carbonyl (C=O) groups excluding carboxylic acids is 1. The average molecular weight is 683 g/mol. The van der Waals surface area contributed by atoms with Gasteiger partial charge >= 0.3 is 5.97 Å². The maximum atomic E-state index is 13.6. The number of nitrogens with zero attached hydrogens (tertiary/aromatic N) is 5. The van der Waals surface area contributed by atoms with Crippen LogP contribution in [0.1, 0.15) is 75.5 Å². The van der Waals surface area contributed by atoms with Crippen LogP contribution < -0.4 is 10.2 Å². The molecule has 0 unspecified atom stereocenters. The van der Waals surface area contributed by atoms with Crippen LogP contribution in [0.3, 0.4) is 0 Å². The van der Waals surface area contributed by atoms with E-state index < -0.39 is 5.97 Å². The second-order valence-corrected chi connectivity index (χ2v) is 15.8. The molecule has 4 fully saturated rings. The van der Waals surface area contributed by atoms with Crippen molar-refractivity contribution < 1.29 is 14.7 Å². The van der Waals surface area contributed by atoms with E-state index in [1.807, 2.05) is 72.5 Å². The van der Waals surface area contributed by atoms with Gasteiger partial charge in [0, 0.05) is 42.0 Å². The summed E-state index contributed by atoms with van der Waals surface area (Å²) in [6, 6.07) is 21.5. The highest BCUT2D eigenvalue weighted by Gasteiger charge is 2.48. The van der Waals surface area contributed by atoms with Gasteiger partial charge in [-0.15, -0.1) is 0 Å². The van der Waals surface area contributed by atoms with E-state index in [4.69, 9.17) is 4.98 Å². The number of aromatic carboxylic acids is 1. The number of pyridine rings is 1. The van der Waals surface area contributed by atoms with Gasteiger partial charge in [0.05, 0.1) is 10.2 Å². The Morgan fingerprint density at radius 2 is 1.76 bits per heavy atom. The largest absolute Gasteiger partial charge is 0.476 e. The van der Waals surface area contributed by atoms with E-state index in [0.717, 1.165) is 62.8 Å². The van der Waals surface area contributed by atoms with E-state index in [-0.39, 0.29) is 11.6 Å². The summed E-state index contributed by atoms with van der Waals surface area (Å²) in [6.07, 6.45) is 7.37. The molecule has 4 heterocycles. The number of aromatic nitrogens is 3. The standard InChI is InChI=1S/C40H38N6O3S/c1-22-31(18-28(19-41)46(22)21-32-26-14-23-13-24(16-26)17-27(32)15-23)29-9-10-36(43-37(29)39(48)49)45-12-11-25-5-4-6-30(33(25)20-45)38(47)44-40-42-34-7-2-3-8-35(34)50-40/h2-10,18,23-24,26-27,32H,11-17,20-21H2,1H3,(H,48,49)(H,42,44,47). The van der Waals surface area contributed by atoms with Crippen LogP contribution in [0, 0.1) is 47.8 Å². The van der Waals surface area contributed by atoms with Gasteiger partial charge in [-0.2, -0.15) is 5.26 Å². The van der Waals surface area contributed by atoms with Gasteiger partial charge in [-0.3, -0.25) is 10.1 Å². The van der Waals surface area contributed by atoms with E-state index in [0.29, 0.717) is 53.2 Å². The smallest absolute Gasteiger partial charge is 0.355 e. The number of carboxylic acid groups (broad SMARTS) is 1. The molecular weight excluding hydrogens is 645 g/mol. The van der Waals surface area contributed by atoms with Gasteiger partial charge in [0.25, 0.3) is 5.91 Å². The topological polar surface area (TPSA) is 124 Å². The molecule has 4 aliphatic carbocycles. The summed E-state index contributed by atoms with van der Waals surface area (Å²) in [4.78, 5) is 37.6. The van der Waals surface area contributed by atoms with Crippen LogP contribution in [0.5, 0.6) is 0 Å². The van der Waals surface area contributed by atoms with Gasteiger partial charge in [-0.1, -0.05) is 35.6 Å². The number of hydrogen-bond acceptors (Lipinski definition) is 7. The number of nitriles is 1. The van der Waals surface area contributed by atoms with Crippen LogP contribution in [0.25, 0.3) is 21.3 Å². The molecule has 0 spiro atoms. The van der Waals surface area contributed by atoms with Crippen molar-refractivity contribution in [3.05, 3.63) is 94.4 Å². The fourth-order valence-corrected chi connectivity index (χ4v) is 10.7. The van der Waals surface area contributed by atoms with E-state index in [2.05, 4.69) is 20.9 Å². The second kappa shape index (κ2) is 12.1. The highest BCUT2D eigenvalue weighted by Crippen LogP contribution is 2.57. The normalized spacial score (nSPS) is 23.5. The van der Waals surface area contributed by atoms with Crippen molar-refractivity contribution in [1.82, 2.24) is 14.5 Å². The fourth-order valence-electron chi connectivity index (χ4n) is 9.88. The molecule has 50 heavy (non-hydrogen) atoms. The molecule has 3 aromatic heterocycles. The number of para-hydroxylation sites is 1. The first-order valence-electron chi connectivity index (χ1n) is 17.7. The lowest BCUT2D eigenvalue weighted by Gasteiger charge is -2.54. The molecule has 0 atom stereocenters. The molecule has 0 saturated heterocycles. The lowest BCUT2D eigenvalue weighted by molar-refractivity contribution is -0.0432. The molecule has 4 bridgehead atoms. The minimum atomic E-state index is -1.11. The number of nitrogens with one attached hydrogen (secondary N) is 1. The summed E-state index contributed by atoms with van der Waals surface area (Å²) < 4.78 is 3.15. The van der Waals surface area contributed by atoms with Crippen molar-refractivity contribution in [1.29, 1.82) is 5.26 Å². The van der Waals surface area contributed by atoms with Crippen LogP contribution >= 0.6 is 11.3 Å². The first-order chi connectivity index (χ1) is 24.3. The first-order valence-corrected chi connectivity index (χ1v) is 18.5. The minimum absolute atomic E-state index is 0.0328. The third-order valence-corrected chi connectivity index (χ3v) is 13.0. The van der Waals surface area contributed by atoms with E-state index >= 15 is 0 Å². The molecule has 1 amide bonds. The van der Waals surface area contributed by atoms with Crippen molar-refractivity contribution in [2.75, 3.05) is 16.8 Å². The third-order valence-electron chi connectivity index (χ3n) is 12.0. The van der Waals surface area contributed by atoms with Gasteiger partial charge in [0.2, 0.25) is 0 Å².